The molecule has 4 rings (SSSR count). The monoisotopic (exact) mass is 701 g/mol. The van der Waals surface area contributed by atoms with Gasteiger partial charge in [-0.3, -0.25) is 9.59 Å². The molecule has 0 aliphatic heterocycles. The summed E-state index contributed by atoms with van der Waals surface area (Å²) in [6.07, 6.45) is -11.6. The Hall–Kier alpha value is -4.03. The second kappa shape index (κ2) is 12.4. The quantitative estimate of drug-likeness (QED) is 0.217. The first-order chi connectivity index (χ1) is 20.8. The van der Waals surface area contributed by atoms with E-state index in [9.17, 15) is 40.3 Å². The van der Waals surface area contributed by atoms with Crippen molar-refractivity contribution in [3.05, 3.63) is 74.4 Å². The van der Waals surface area contributed by atoms with E-state index in [0.29, 0.717) is 0 Å². The van der Waals surface area contributed by atoms with E-state index < -0.39 is 42.2 Å². The summed E-state index contributed by atoms with van der Waals surface area (Å²) in [4.78, 5) is 30.6. The highest BCUT2D eigenvalue weighted by Gasteiger charge is 2.76. The number of benzene rings is 1. The molecule has 0 saturated carbocycles. The molecule has 0 spiro atoms. The van der Waals surface area contributed by atoms with E-state index in [1.807, 2.05) is 0 Å². The van der Waals surface area contributed by atoms with Crippen LogP contribution in [-0.4, -0.2) is 65.2 Å². The Morgan fingerprint density at radius 2 is 1.60 bits per heavy atom. The molecule has 0 radical (unpaired) electrons. The summed E-state index contributed by atoms with van der Waals surface area (Å²) >= 11 is 18.6. The van der Waals surface area contributed by atoms with Crippen molar-refractivity contribution in [3.63, 3.8) is 0 Å². The number of anilines is 1. The third-order valence-electron chi connectivity index (χ3n) is 5.74. The van der Waals surface area contributed by atoms with Crippen LogP contribution >= 0.6 is 34.8 Å². The van der Waals surface area contributed by atoms with Gasteiger partial charge < -0.3 is 10.6 Å². The molecule has 3 aromatic heterocycles. The number of hydrogen-bond acceptors (Lipinski definition) is 7. The molecule has 4 aromatic rings. The van der Waals surface area contributed by atoms with Gasteiger partial charge in [0.2, 0.25) is 5.82 Å². The Labute approximate surface area is 262 Å². The van der Waals surface area contributed by atoms with Crippen LogP contribution in [0.4, 0.5) is 36.4 Å². The predicted molar refractivity (Wildman–Crippen MR) is 145 cm³/mol. The maximum atomic E-state index is 14.4. The Morgan fingerprint density at radius 1 is 0.933 bits per heavy atom. The topological polar surface area (TPSA) is 133 Å². The standard InChI is InChI=1S/C24H17Cl3F7N9O2/c1-10(2)36-19(44)13-6-11(25)7-15(27)17(13)37-20(45)16-8-12(39-43(16)18-14(26)4-3-5-35-18)9-42-40-21(38-41-42)22(28,23(29,30)31)24(32,33)34/h3-8,10H,9H2,1-2H3,(H,36,44)(H,37,45). The zero-order chi connectivity index (χ0) is 33.5. The van der Waals surface area contributed by atoms with Gasteiger partial charge >= 0.3 is 18.0 Å². The molecule has 0 aliphatic rings. The van der Waals surface area contributed by atoms with Crippen molar-refractivity contribution in [2.75, 3.05) is 5.32 Å². The largest absolute Gasteiger partial charge is 0.439 e. The number of nitrogens with zero attached hydrogens (tertiary/aromatic N) is 7. The van der Waals surface area contributed by atoms with E-state index in [-0.39, 0.29) is 54.4 Å². The zero-order valence-corrected chi connectivity index (χ0v) is 24.7. The summed E-state index contributed by atoms with van der Waals surface area (Å²) < 4.78 is 94.1. The lowest BCUT2D eigenvalue weighted by molar-refractivity contribution is -0.351. The van der Waals surface area contributed by atoms with Crippen LogP contribution in [0.25, 0.3) is 5.82 Å². The van der Waals surface area contributed by atoms with E-state index in [4.69, 9.17) is 34.8 Å². The van der Waals surface area contributed by atoms with Crippen molar-refractivity contribution >= 4 is 52.3 Å². The number of carbonyl (C=O) groups is 2. The van der Waals surface area contributed by atoms with Gasteiger partial charge in [0.25, 0.3) is 11.8 Å². The second-order valence-corrected chi connectivity index (χ2v) is 10.7. The van der Waals surface area contributed by atoms with Crippen LogP contribution < -0.4 is 10.6 Å². The summed E-state index contributed by atoms with van der Waals surface area (Å²) in [6, 6.07) is 6.07. The average molecular weight is 703 g/mol. The van der Waals surface area contributed by atoms with Gasteiger partial charge in [-0.05, 0) is 49.4 Å². The van der Waals surface area contributed by atoms with Crippen LogP contribution in [0.15, 0.2) is 36.5 Å². The first-order valence-corrected chi connectivity index (χ1v) is 13.4. The van der Waals surface area contributed by atoms with Crippen LogP contribution in [0, 0.1) is 0 Å². The number of pyridine rings is 1. The first kappa shape index (κ1) is 33.9. The summed E-state index contributed by atoms with van der Waals surface area (Å²) in [7, 11) is 0. The zero-order valence-electron chi connectivity index (χ0n) is 22.5. The van der Waals surface area contributed by atoms with Gasteiger partial charge in [-0.25, -0.2) is 14.1 Å². The summed E-state index contributed by atoms with van der Waals surface area (Å²) in [5.41, 5.74) is -6.78. The SMILES string of the molecule is CC(C)NC(=O)c1cc(Cl)cc(Cl)c1NC(=O)c1cc(Cn2nnc(C(F)(C(F)(F)F)C(F)(F)F)n2)nn1-c1ncccc1Cl. The summed E-state index contributed by atoms with van der Waals surface area (Å²) in [6.45, 7) is 2.58. The predicted octanol–water partition coefficient (Wildman–Crippen LogP) is 5.94. The number of alkyl halides is 7. The molecule has 0 unspecified atom stereocenters. The molecule has 11 nitrogen and oxygen atoms in total. The Bertz CT molecular complexity index is 1740. The molecule has 0 bridgehead atoms. The normalized spacial score (nSPS) is 12.5. The highest BCUT2D eigenvalue weighted by molar-refractivity contribution is 6.38. The maximum absolute atomic E-state index is 14.4. The minimum Gasteiger partial charge on any atom is -0.350 e. The lowest BCUT2D eigenvalue weighted by atomic mass is 10.1. The molecule has 21 heteroatoms. The smallest absolute Gasteiger partial charge is 0.350 e. The van der Waals surface area contributed by atoms with Crippen molar-refractivity contribution in [3.8, 4) is 5.82 Å². The van der Waals surface area contributed by atoms with E-state index in [0.717, 1.165) is 10.7 Å². The van der Waals surface area contributed by atoms with E-state index >= 15 is 0 Å². The van der Waals surface area contributed by atoms with Gasteiger partial charge in [-0.15, -0.1) is 10.2 Å². The molecule has 2 amide bonds. The fourth-order valence-corrected chi connectivity index (χ4v) is 4.51. The van der Waals surface area contributed by atoms with E-state index in [1.165, 1.54) is 30.5 Å². The van der Waals surface area contributed by atoms with Crippen molar-refractivity contribution in [2.45, 2.75) is 44.5 Å². The fraction of sp³-hybridized carbons (Fsp3) is 0.292. The molecule has 2 N–H and O–H groups in total. The number of nitrogens with one attached hydrogen (secondary N) is 2. The molecule has 240 valence electrons. The van der Waals surface area contributed by atoms with Gasteiger partial charge in [0, 0.05) is 17.3 Å². The van der Waals surface area contributed by atoms with Gasteiger partial charge in [0.15, 0.2) is 5.82 Å². The molecule has 45 heavy (non-hydrogen) atoms. The number of tetrazole rings is 1. The van der Waals surface area contributed by atoms with Crippen LogP contribution in [0.5, 0.6) is 0 Å². The molecular weight excluding hydrogens is 686 g/mol. The number of hydrogen-bond donors (Lipinski definition) is 2. The number of carbonyl (C=O) groups excluding carboxylic acids is 2. The molecular formula is C24H17Cl3F7N9O2. The molecule has 3 heterocycles. The molecule has 0 fully saturated rings. The number of aromatic nitrogens is 7. The molecule has 0 aliphatic carbocycles. The highest BCUT2D eigenvalue weighted by Crippen LogP contribution is 2.51. The van der Waals surface area contributed by atoms with Gasteiger partial charge in [0.05, 0.1) is 27.0 Å². The van der Waals surface area contributed by atoms with Crippen molar-refractivity contribution < 1.29 is 40.3 Å². The third kappa shape index (κ3) is 6.81. The van der Waals surface area contributed by atoms with E-state index in [2.05, 4.69) is 36.1 Å². The van der Waals surface area contributed by atoms with Crippen molar-refractivity contribution in [2.24, 2.45) is 0 Å². The van der Waals surface area contributed by atoms with E-state index in [1.54, 1.807) is 13.8 Å². The highest BCUT2D eigenvalue weighted by atomic mass is 35.5. The van der Waals surface area contributed by atoms with Crippen LogP contribution in [0.2, 0.25) is 15.1 Å². The van der Waals surface area contributed by atoms with Gasteiger partial charge in [0.1, 0.15) is 12.2 Å². The number of rotatable bonds is 8. The molecule has 1 aromatic carbocycles. The van der Waals surface area contributed by atoms with Crippen molar-refractivity contribution in [1.82, 2.24) is 40.3 Å². The fourth-order valence-electron chi connectivity index (χ4n) is 3.77. The average Bonchev–Trinajstić information content (AvgIpc) is 3.55. The summed E-state index contributed by atoms with van der Waals surface area (Å²) in [5, 5.41) is 17.8. The van der Waals surface area contributed by atoms with Crippen LogP contribution in [0.3, 0.4) is 0 Å². The molecule has 0 saturated heterocycles. The van der Waals surface area contributed by atoms with Crippen LogP contribution in [0.1, 0.15) is 46.2 Å². The van der Waals surface area contributed by atoms with Crippen LogP contribution in [-0.2, 0) is 12.2 Å². The van der Waals surface area contributed by atoms with Crippen molar-refractivity contribution in [1.29, 1.82) is 0 Å². The Balaban J connectivity index is 1.75. The van der Waals surface area contributed by atoms with Gasteiger partial charge in [-0.2, -0.15) is 36.2 Å². The maximum Gasteiger partial charge on any atom is 0.439 e. The molecule has 0 atom stereocenters. The minimum atomic E-state index is -6.46. The summed E-state index contributed by atoms with van der Waals surface area (Å²) in [5.74, 6) is -4.04. The Morgan fingerprint density at radius 3 is 2.20 bits per heavy atom. The number of amides is 2. The minimum absolute atomic E-state index is 0.0264. The number of halogens is 10. The second-order valence-electron chi connectivity index (χ2n) is 9.43. The Kier molecular flexibility index (Phi) is 9.33. The first-order valence-electron chi connectivity index (χ1n) is 12.2. The van der Waals surface area contributed by atoms with Gasteiger partial charge in [-0.1, -0.05) is 34.8 Å². The lowest BCUT2D eigenvalue weighted by Gasteiger charge is -2.26. The lowest BCUT2D eigenvalue weighted by Crippen LogP contribution is -2.51. The third-order valence-corrected chi connectivity index (χ3v) is 6.55.